The van der Waals surface area contributed by atoms with Crippen molar-refractivity contribution in [3.63, 3.8) is 0 Å². The monoisotopic (exact) mass is 567 g/mol. The van der Waals surface area contributed by atoms with Crippen molar-refractivity contribution in [2.75, 3.05) is 37.3 Å². The summed E-state index contributed by atoms with van der Waals surface area (Å²) in [6, 6.07) is 26.5. The fraction of sp³-hybridized carbons (Fsp3) is 0.138. The minimum absolute atomic E-state index is 0.174. The van der Waals surface area contributed by atoms with Gasteiger partial charge in [-0.15, -0.1) is 0 Å². The van der Waals surface area contributed by atoms with Gasteiger partial charge in [0, 0.05) is 34.5 Å². The zero-order valence-electron chi connectivity index (χ0n) is 20.9. The number of carbonyl (C=O) groups is 1. The molecule has 1 amide bonds. The maximum absolute atomic E-state index is 12.5. The Hall–Kier alpha value is -3.52. The van der Waals surface area contributed by atoms with Crippen molar-refractivity contribution in [2.24, 2.45) is 0 Å². The van der Waals surface area contributed by atoms with E-state index in [4.69, 9.17) is 32.7 Å². The fourth-order valence-electron chi connectivity index (χ4n) is 3.77. The Balaban J connectivity index is 1.35. The van der Waals surface area contributed by atoms with Crippen LogP contribution in [0.15, 0.2) is 89.8 Å². The van der Waals surface area contributed by atoms with E-state index < -0.39 is 0 Å². The van der Waals surface area contributed by atoms with E-state index in [-0.39, 0.29) is 5.91 Å². The van der Waals surface area contributed by atoms with E-state index in [0.717, 1.165) is 33.1 Å². The number of hydrogen-bond acceptors (Lipinski definition) is 6. The SMILES string of the molecule is COc1ccc(-c2cc(Cl)cc(Cl)c2)cc1SNc1cccc(NCCNC(=O)c2ccccc2OC)c1. The van der Waals surface area contributed by atoms with Crippen LogP contribution in [0.1, 0.15) is 10.4 Å². The molecule has 0 heterocycles. The molecule has 9 heteroatoms. The minimum Gasteiger partial charge on any atom is -0.496 e. The van der Waals surface area contributed by atoms with Gasteiger partial charge in [-0.3, -0.25) is 4.79 Å². The van der Waals surface area contributed by atoms with Crippen molar-refractivity contribution < 1.29 is 14.3 Å². The molecule has 0 radical (unpaired) electrons. The molecule has 196 valence electrons. The average molecular weight is 569 g/mol. The average Bonchev–Trinajstić information content (AvgIpc) is 2.93. The standard InChI is InChI=1S/C29H27Cl2N3O3S/c1-36-26-9-4-3-8-25(26)29(35)33-13-12-32-23-6-5-7-24(18-23)34-38-28-16-19(10-11-27(28)37-2)20-14-21(30)17-22(31)15-20/h3-11,14-18,32,34H,12-13H2,1-2H3,(H,33,35). The Morgan fingerprint density at radius 3 is 2.26 bits per heavy atom. The molecule has 4 rings (SSSR count). The summed E-state index contributed by atoms with van der Waals surface area (Å²) in [5.74, 6) is 1.12. The molecular weight excluding hydrogens is 541 g/mol. The Morgan fingerprint density at radius 2 is 1.50 bits per heavy atom. The molecule has 0 fully saturated rings. The number of rotatable bonds is 11. The number of nitrogens with one attached hydrogen (secondary N) is 3. The summed E-state index contributed by atoms with van der Waals surface area (Å²) in [6.45, 7) is 1.02. The number of ether oxygens (including phenoxy) is 2. The molecule has 3 N–H and O–H groups in total. The van der Waals surface area contributed by atoms with Crippen LogP contribution in [-0.2, 0) is 0 Å². The van der Waals surface area contributed by atoms with Crippen molar-refractivity contribution in [1.82, 2.24) is 5.32 Å². The van der Waals surface area contributed by atoms with E-state index in [1.54, 1.807) is 32.4 Å². The highest BCUT2D eigenvalue weighted by atomic mass is 35.5. The zero-order valence-corrected chi connectivity index (χ0v) is 23.2. The molecule has 38 heavy (non-hydrogen) atoms. The first-order valence-corrected chi connectivity index (χ1v) is 13.4. The second-order valence-electron chi connectivity index (χ2n) is 8.19. The first-order chi connectivity index (χ1) is 18.5. The van der Waals surface area contributed by atoms with E-state index in [1.807, 2.05) is 66.7 Å². The highest BCUT2D eigenvalue weighted by molar-refractivity contribution is 8.00. The van der Waals surface area contributed by atoms with Crippen LogP contribution in [0.25, 0.3) is 11.1 Å². The molecule has 6 nitrogen and oxygen atoms in total. The van der Waals surface area contributed by atoms with E-state index >= 15 is 0 Å². The highest BCUT2D eigenvalue weighted by Gasteiger charge is 2.11. The summed E-state index contributed by atoms with van der Waals surface area (Å²) in [5.41, 5.74) is 4.25. The first kappa shape index (κ1) is 27.5. The van der Waals surface area contributed by atoms with Crippen LogP contribution >= 0.6 is 35.1 Å². The molecule has 0 saturated carbocycles. The molecule has 0 aliphatic rings. The molecule has 0 aromatic heterocycles. The summed E-state index contributed by atoms with van der Waals surface area (Å²) < 4.78 is 14.2. The third-order valence-electron chi connectivity index (χ3n) is 5.59. The first-order valence-electron chi connectivity index (χ1n) is 11.8. The van der Waals surface area contributed by atoms with Crippen molar-refractivity contribution in [3.8, 4) is 22.6 Å². The van der Waals surface area contributed by atoms with Gasteiger partial charge in [-0.1, -0.05) is 47.5 Å². The number of anilines is 2. The highest BCUT2D eigenvalue weighted by Crippen LogP contribution is 2.36. The molecule has 0 atom stereocenters. The lowest BCUT2D eigenvalue weighted by molar-refractivity contribution is 0.0952. The number of amides is 1. The second kappa shape index (κ2) is 13.3. The van der Waals surface area contributed by atoms with Gasteiger partial charge >= 0.3 is 0 Å². The molecule has 0 spiro atoms. The molecule has 4 aromatic carbocycles. The lowest BCUT2D eigenvalue weighted by Gasteiger charge is -2.13. The number of methoxy groups -OCH3 is 2. The van der Waals surface area contributed by atoms with Crippen molar-refractivity contribution in [3.05, 3.63) is 101 Å². The summed E-state index contributed by atoms with van der Waals surface area (Å²) in [7, 11) is 3.20. The van der Waals surface area contributed by atoms with E-state index in [1.165, 1.54) is 11.9 Å². The lowest BCUT2D eigenvalue weighted by Crippen LogP contribution is -2.29. The molecule has 0 aliphatic heterocycles. The second-order valence-corrected chi connectivity index (χ2v) is 9.91. The summed E-state index contributed by atoms with van der Waals surface area (Å²) >= 11 is 13.8. The number of benzene rings is 4. The van der Waals surface area contributed by atoms with Crippen molar-refractivity contribution in [2.45, 2.75) is 4.90 Å². The third-order valence-corrected chi connectivity index (χ3v) is 6.91. The number of halogens is 2. The van der Waals surface area contributed by atoms with Crippen LogP contribution in [0.3, 0.4) is 0 Å². The lowest BCUT2D eigenvalue weighted by atomic mass is 10.1. The van der Waals surface area contributed by atoms with E-state index in [0.29, 0.717) is 34.4 Å². The van der Waals surface area contributed by atoms with Gasteiger partial charge in [0.15, 0.2) is 0 Å². The van der Waals surface area contributed by atoms with Gasteiger partial charge in [0.25, 0.3) is 5.91 Å². The van der Waals surface area contributed by atoms with Gasteiger partial charge in [0.05, 0.1) is 24.7 Å². The third kappa shape index (κ3) is 7.28. The van der Waals surface area contributed by atoms with E-state index in [2.05, 4.69) is 15.4 Å². The van der Waals surface area contributed by atoms with Crippen LogP contribution in [0.5, 0.6) is 11.5 Å². The Bertz CT molecular complexity index is 1400. The summed E-state index contributed by atoms with van der Waals surface area (Å²) in [6.07, 6.45) is 0. The molecule has 0 aliphatic carbocycles. The quantitative estimate of drug-likeness (QED) is 0.128. The Morgan fingerprint density at radius 1 is 0.763 bits per heavy atom. The topological polar surface area (TPSA) is 71.6 Å². The number of carbonyl (C=O) groups excluding carboxylic acids is 1. The molecule has 0 unspecified atom stereocenters. The predicted octanol–water partition coefficient (Wildman–Crippen LogP) is 7.64. The zero-order chi connectivity index (χ0) is 26.9. The van der Waals surface area contributed by atoms with Crippen molar-refractivity contribution >= 4 is 52.4 Å². The van der Waals surface area contributed by atoms with Crippen molar-refractivity contribution in [1.29, 1.82) is 0 Å². The van der Waals surface area contributed by atoms with Crippen LogP contribution in [0.4, 0.5) is 11.4 Å². The van der Waals surface area contributed by atoms with Gasteiger partial charge in [0.1, 0.15) is 11.5 Å². The van der Waals surface area contributed by atoms with Crippen LogP contribution in [0, 0.1) is 0 Å². The van der Waals surface area contributed by atoms with E-state index in [9.17, 15) is 4.79 Å². The van der Waals surface area contributed by atoms with Crippen LogP contribution in [-0.4, -0.2) is 33.2 Å². The van der Waals surface area contributed by atoms with Gasteiger partial charge in [-0.05, 0) is 83.7 Å². The van der Waals surface area contributed by atoms with Crippen LogP contribution in [0.2, 0.25) is 10.0 Å². The Kier molecular flexibility index (Phi) is 9.65. The predicted molar refractivity (Wildman–Crippen MR) is 158 cm³/mol. The number of para-hydroxylation sites is 1. The Labute approximate surface area is 236 Å². The molecule has 0 bridgehead atoms. The minimum atomic E-state index is -0.174. The fourth-order valence-corrected chi connectivity index (χ4v) is 5.09. The van der Waals surface area contributed by atoms with Gasteiger partial charge in [0.2, 0.25) is 0 Å². The van der Waals surface area contributed by atoms with Gasteiger partial charge in [-0.25, -0.2) is 0 Å². The normalized spacial score (nSPS) is 10.5. The maximum atomic E-state index is 12.5. The summed E-state index contributed by atoms with van der Waals surface area (Å²) in [5, 5.41) is 7.41. The van der Waals surface area contributed by atoms with Gasteiger partial charge < -0.3 is 24.8 Å². The summed E-state index contributed by atoms with van der Waals surface area (Å²) in [4.78, 5) is 13.4. The molecule has 4 aromatic rings. The van der Waals surface area contributed by atoms with Crippen LogP contribution < -0.4 is 24.8 Å². The molecular formula is C29H27Cl2N3O3S. The number of hydrogen-bond donors (Lipinski definition) is 3. The maximum Gasteiger partial charge on any atom is 0.255 e. The van der Waals surface area contributed by atoms with Gasteiger partial charge in [-0.2, -0.15) is 0 Å². The smallest absolute Gasteiger partial charge is 0.255 e. The molecule has 0 saturated heterocycles. The largest absolute Gasteiger partial charge is 0.496 e.